The summed E-state index contributed by atoms with van der Waals surface area (Å²) in [5.74, 6) is 0.888. The smallest absolute Gasteiger partial charge is 0.0248 e. The molecule has 1 fully saturated rings. The Bertz CT molecular complexity index is 210. The second-order valence-electron chi connectivity index (χ2n) is 3.57. The van der Waals surface area contributed by atoms with E-state index < -0.39 is 0 Å². The van der Waals surface area contributed by atoms with E-state index in [2.05, 4.69) is 34.4 Å². The van der Waals surface area contributed by atoms with Crippen LogP contribution < -0.4 is 5.32 Å². The lowest BCUT2D eigenvalue weighted by Gasteiger charge is -2.22. The summed E-state index contributed by atoms with van der Waals surface area (Å²) in [6.07, 6.45) is 6.97. The van der Waals surface area contributed by atoms with Crippen molar-refractivity contribution in [3.05, 3.63) is 24.5 Å². The van der Waals surface area contributed by atoms with Gasteiger partial charge in [0, 0.05) is 18.9 Å². The lowest BCUT2D eigenvalue weighted by atomic mass is 9.98. The molecule has 1 aromatic heterocycles. The molecule has 0 amide bonds. The van der Waals surface area contributed by atoms with E-state index in [1.54, 1.807) is 0 Å². The minimum atomic E-state index is 0.888. The maximum Gasteiger partial charge on any atom is 0.0248 e. The summed E-state index contributed by atoms with van der Waals surface area (Å²) in [5, 5.41) is 3.39. The molecule has 0 atom stereocenters. The molecule has 2 nitrogen and oxygen atoms in total. The van der Waals surface area contributed by atoms with Crippen LogP contribution in [0.4, 0.5) is 0 Å². The number of nitrogens with one attached hydrogen (secondary N) is 1. The Morgan fingerprint density at radius 2 is 1.83 bits per heavy atom. The summed E-state index contributed by atoms with van der Waals surface area (Å²) in [7, 11) is 0. The van der Waals surface area contributed by atoms with E-state index in [1.807, 2.05) is 0 Å². The molecular formula is C10H16N2. The van der Waals surface area contributed by atoms with Gasteiger partial charge in [-0.05, 0) is 44.0 Å². The molecule has 66 valence electrons. The van der Waals surface area contributed by atoms with Crippen molar-refractivity contribution in [1.29, 1.82) is 0 Å². The van der Waals surface area contributed by atoms with Gasteiger partial charge in [0.25, 0.3) is 0 Å². The van der Waals surface area contributed by atoms with Gasteiger partial charge in [-0.3, -0.25) is 0 Å². The lowest BCUT2D eigenvalue weighted by molar-refractivity contribution is 0.333. The van der Waals surface area contributed by atoms with Gasteiger partial charge < -0.3 is 9.88 Å². The Hall–Kier alpha value is -0.760. The van der Waals surface area contributed by atoms with Crippen molar-refractivity contribution in [3.63, 3.8) is 0 Å². The summed E-state index contributed by atoms with van der Waals surface area (Å²) in [6.45, 7) is 3.60. The van der Waals surface area contributed by atoms with Gasteiger partial charge in [-0.1, -0.05) is 0 Å². The van der Waals surface area contributed by atoms with Crippen LogP contribution >= 0.6 is 0 Å². The molecule has 12 heavy (non-hydrogen) atoms. The average Bonchev–Trinajstić information content (AvgIpc) is 2.59. The van der Waals surface area contributed by atoms with Crippen LogP contribution in [0.2, 0.25) is 0 Å². The van der Waals surface area contributed by atoms with Crippen LogP contribution in [0.25, 0.3) is 0 Å². The monoisotopic (exact) mass is 164 g/mol. The SMILES string of the molecule is c1ccn(CC2CCNCC2)c1. The first kappa shape index (κ1) is 7.87. The number of hydrogen-bond acceptors (Lipinski definition) is 1. The van der Waals surface area contributed by atoms with E-state index in [9.17, 15) is 0 Å². The molecule has 1 aliphatic rings. The van der Waals surface area contributed by atoms with Gasteiger partial charge in [0.05, 0.1) is 0 Å². The summed E-state index contributed by atoms with van der Waals surface area (Å²) in [6, 6.07) is 4.20. The van der Waals surface area contributed by atoms with E-state index >= 15 is 0 Å². The van der Waals surface area contributed by atoms with Crippen LogP contribution in [0.5, 0.6) is 0 Å². The second-order valence-corrected chi connectivity index (χ2v) is 3.57. The van der Waals surface area contributed by atoms with Crippen LogP contribution in [-0.2, 0) is 6.54 Å². The molecule has 0 saturated carbocycles. The van der Waals surface area contributed by atoms with E-state index in [4.69, 9.17) is 0 Å². The third-order valence-electron chi connectivity index (χ3n) is 2.59. The molecule has 2 heterocycles. The van der Waals surface area contributed by atoms with Crippen LogP contribution in [0.3, 0.4) is 0 Å². The van der Waals surface area contributed by atoms with Gasteiger partial charge >= 0.3 is 0 Å². The summed E-state index contributed by atoms with van der Waals surface area (Å²) >= 11 is 0. The number of rotatable bonds is 2. The molecule has 0 bridgehead atoms. The molecule has 1 saturated heterocycles. The maximum absolute atomic E-state index is 3.39. The lowest BCUT2D eigenvalue weighted by Crippen LogP contribution is -2.29. The van der Waals surface area contributed by atoms with Crippen molar-refractivity contribution in [3.8, 4) is 0 Å². The quantitative estimate of drug-likeness (QED) is 0.700. The van der Waals surface area contributed by atoms with E-state index in [1.165, 1.54) is 32.5 Å². The first-order valence-electron chi connectivity index (χ1n) is 4.76. The van der Waals surface area contributed by atoms with Gasteiger partial charge in [0.2, 0.25) is 0 Å². The molecule has 0 unspecified atom stereocenters. The zero-order chi connectivity index (χ0) is 8.23. The highest BCUT2D eigenvalue weighted by Gasteiger charge is 2.12. The highest BCUT2D eigenvalue weighted by Crippen LogP contribution is 2.13. The molecule has 0 spiro atoms. The highest BCUT2D eigenvalue weighted by atomic mass is 14.9. The number of aromatic nitrogens is 1. The Kier molecular flexibility index (Phi) is 2.47. The first-order valence-corrected chi connectivity index (χ1v) is 4.76. The van der Waals surface area contributed by atoms with E-state index in [0.29, 0.717) is 0 Å². The molecule has 1 aliphatic heterocycles. The summed E-state index contributed by atoms with van der Waals surface area (Å²) in [4.78, 5) is 0. The maximum atomic E-state index is 3.39. The van der Waals surface area contributed by atoms with E-state index in [0.717, 1.165) is 5.92 Å². The average molecular weight is 164 g/mol. The van der Waals surface area contributed by atoms with Gasteiger partial charge in [-0.2, -0.15) is 0 Å². The summed E-state index contributed by atoms with van der Waals surface area (Å²) in [5.41, 5.74) is 0. The van der Waals surface area contributed by atoms with Crippen LogP contribution in [0.1, 0.15) is 12.8 Å². The largest absolute Gasteiger partial charge is 0.354 e. The zero-order valence-electron chi connectivity index (χ0n) is 7.37. The number of piperidine rings is 1. The second kappa shape index (κ2) is 3.76. The third kappa shape index (κ3) is 1.89. The highest BCUT2D eigenvalue weighted by molar-refractivity contribution is 4.90. The fourth-order valence-electron chi connectivity index (χ4n) is 1.85. The molecular weight excluding hydrogens is 148 g/mol. The van der Waals surface area contributed by atoms with Crippen molar-refractivity contribution in [1.82, 2.24) is 9.88 Å². The molecule has 2 rings (SSSR count). The van der Waals surface area contributed by atoms with Crippen LogP contribution in [-0.4, -0.2) is 17.7 Å². The predicted octanol–water partition coefficient (Wildman–Crippen LogP) is 1.49. The first-order chi connectivity index (χ1) is 5.95. The minimum absolute atomic E-state index is 0.888. The van der Waals surface area contributed by atoms with Crippen LogP contribution in [0, 0.1) is 5.92 Å². The van der Waals surface area contributed by atoms with Gasteiger partial charge in [0.15, 0.2) is 0 Å². The third-order valence-corrected chi connectivity index (χ3v) is 2.59. The Morgan fingerprint density at radius 1 is 1.17 bits per heavy atom. The molecule has 1 N–H and O–H groups in total. The van der Waals surface area contributed by atoms with Crippen molar-refractivity contribution in [2.24, 2.45) is 5.92 Å². The molecule has 0 radical (unpaired) electrons. The molecule has 1 aromatic rings. The van der Waals surface area contributed by atoms with Gasteiger partial charge in [-0.15, -0.1) is 0 Å². The predicted molar refractivity (Wildman–Crippen MR) is 50.0 cm³/mol. The molecule has 0 aromatic carbocycles. The number of nitrogens with zero attached hydrogens (tertiary/aromatic N) is 1. The minimum Gasteiger partial charge on any atom is -0.354 e. The van der Waals surface area contributed by atoms with Crippen molar-refractivity contribution in [2.45, 2.75) is 19.4 Å². The standard InChI is InChI=1S/C10H16N2/c1-2-8-12(7-1)9-10-3-5-11-6-4-10/h1-2,7-8,10-11H,3-6,9H2. The zero-order valence-corrected chi connectivity index (χ0v) is 7.37. The van der Waals surface area contributed by atoms with E-state index in [-0.39, 0.29) is 0 Å². The normalized spacial score (nSPS) is 19.7. The van der Waals surface area contributed by atoms with Crippen LogP contribution in [0.15, 0.2) is 24.5 Å². The Labute approximate surface area is 73.6 Å². The Morgan fingerprint density at radius 3 is 2.50 bits per heavy atom. The summed E-state index contributed by atoms with van der Waals surface area (Å²) < 4.78 is 2.29. The molecule has 2 heteroatoms. The molecule has 0 aliphatic carbocycles. The fraction of sp³-hybridized carbons (Fsp3) is 0.600. The van der Waals surface area contributed by atoms with Crippen molar-refractivity contribution < 1.29 is 0 Å². The van der Waals surface area contributed by atoms with Crippen molar-refractivity contribution >= 4 is 0 Å². The van der Waals surface area contributed by atoms with Crippen molar-refractivity contribution in [2.75, 3.05) is 13.1 Å². The fourth-order valence-corrected chi connectivity index (χ4v) is 1.85. The topological polar surface area (TPSA) is 17.0 Å². The Balaban J connectivity index is 1.86. The van der Waals surface area contributed by atoms with Gasteiger partial charge in [-0.25, -0.2) is 0 Å². The number of hydrogen-bond donors (Lipinski definition) is 1. The van der Waals surface area contributed by atoms with Gasteiger partial charge in [0.1, 0.15) is 0 Å².